The van der Waals surface area contributed by atoms with E-state index in [-0.39, 0.29) is 5.54 Å². The van der Waals surface area contributed by atoms with Crippen molar-refractivity contribution in [1.29, 1.82) is 0 Å². The van der Waals surface area contributed by atoms with Crippen LogP contribution in [0, 0.1) is 6.92 Å². The summed E-state index contributed by atoms with van der Waals surface area (Å²) in [5, 5.41) is 0.998. The largest absolute Gasteiger partial charge is 0.497 e. The fraction of sp³-hybridized carbons (Fsp3) is 0.400. The number of methoxy groups -OCH3 is 1. The van der Waals surface area contributed by atoms with E-state index in [1.54, 1.807) is 18.4 Å². The monoisotopic (exact) mass is 276 g/mol. The van der Waals surface area contributed by atoms with Gasteiger partial charge >= 0.3 is 0 Å². The van der Waals surface area contributed by atoms with Gasteiger partial charge in [-0.15, -0.1) is 11.3 Å². The smallest absolute Gasteiger partial charge is 0.118 e. The number of benzene rings is 1. The Morgan fingerprint density at radius 3 is 2.47 bits per heavy atom. The van der Waals surface area contributed by atoms with Crippen molar-refractivity contribution < 1.29 is 4.74 Å². The Bertz CT molecular complexity index is 558. The zero-order valence-electron chi connectivity index (χ0n) is 11.9. The van der Waals surface area contributed by atoms with Gasteiger partial charge in [-0.3, -0.25) is 0 Å². The Hall–Kier alpha value is -1.39. The maximum Gasteiger partial charge on any atom is 0.118 e. The van der Waals surface area contributed by atoms with E-state index in [1.165, 1.54) is 4.88 Å². The summed E-state index contributed by atoms with van der Waals surface area (Å²) in [6.07, 6.45) is 0.877. The van der Waals surface area contributed by atoms with Crippen LogP contribution in [0.5, 0.6) is 5.75 Å². The van der Waals surface area contributed by atoms with Gasteiger partial charge in [-0.25, -0.2) is 4.98 Å². The standard InChI is InChI=1S/C15H20N2OS/c1-5-15(3,16)14-17-13(10(2)19-14)11-6-8-12(18-4)9-7-11/h6-9H,5,16H2,1-4H3. The number of aryl methyl sites for hydroxylation is 1. The fourth-order valence-electron chi connectivity index (χ4n) is 1.81. The van der Waals surface area contributed by atoms with Crippen molar-refractivity contribution in [2.75, 3.05) is 7.11 Å². The third-order valence-electron chi connectivity index (χ3n) is 3.38. The van der Waals surface area contributed by atoms with Crippen LogP contribution >= 0.6 is 11.3 Å². The molecule has 0 aliphatic heterocycles. The van der Waals surface area contributed by atoms with E-state index in [9.17, 15) is 0 Å². The fourth-order valence-corrected chi connectivity index (χ4v) is 2.87. The van der Waals surface area contributed by atoms with Crippen molar-refractivity contribution in [3.8, 4) is 17.0 Å². The first-order chi connectivity index (χ1) is 8.97. The second kappa shape index (κ2) is 5.31. The maximum atomic E-state index is 6.27. The first kappa shape index (κ1) is 14.0. The van der Waals surface area contributed by atoms with Gasteiger partial charge in [0.1, 0.15) is 10.8 Å². The van der Waals surface area contributed by atoms with E-state index in [0.29, 0.717) is 0 Å². The van der Waals surface area contributed by atoms with Gasteiger partial charge in [-0.05, 0) is 44.5 Å². The molecule has 2 N–H and O–H groups in total. The van der Waals surface area contributed by atoms with Crippen molar-refractivity contribution in [1.82, 2.24) is 4.98 Å². The normalized spacial score (nSPS) is 14.2. The molecule has 1 unspecified atom stereocenters. The molecule has 0 fully saturated rings. The Morgan fingerprint density at radius 2 is 1.95 bits per heavy atom. The van der Waals surface area contributed by atoms with Crippen molar-refractivity contribution in [2.45, 2.75) is 32.7 Å². The topological polar surface area (TPSA) is 48.1 Å². The van der Waals surface area contributed by atoms with Gasteiger partial charge in [0.05, 0.1) is 18.3 Å². The minimum absolute atomic E-state index is 0.347. The molecule has 102 valence electrons. The summed E-state index contributed by atoms with van der Waals surface area (Å²) in [6, 6.07) is 7.97. The molecule has 1 aromatic carbocycles. The van der Waals surface area contributed by atoms with E-state index < -0.39 is 0 Å². The summed E-state index contributed by atoms with van der Waals surface area (Å²) in [6.45, 7) is 6.21. The quantitative estimate of drug-likeness (QED) is 0.926. The Labute approximate surface area is 118 Å². The Balaban J connectivity index is 2.40. The molecule has 0 spiro atoms. The highest BCUT2D eigenvalue weighted by Gasteiger charge is 2.24. The summed E-state index contributed by atoms with van der Waals surface area (Å²) < 4.78 is 5.17. The molecule has 1 heterocycles. The van der Waals surface area contributed by atoms with Gasteiger partial charge in [0.25, 0.3) is 0 Å². The minimum Gasteiger partial charge on any atom is -0.497 e. The number of hydrogen-bond donors (Lipinski definition) is 1. The van der Waals surface area contributed by atoms with Crippen molar-refractivity contribution >= 4 is 11.3 Å². The van der Waals surface area contributed by atoms with Crippen LogP contribution in [0.15, 0.2) is 24.3 Å². The van der Waals surface area contributed by atoms with E-state index in [2.05, 4.69) is 13.8 Å². The number of nitrogens with two attached hydrogens (primary N) is 1. The SMILES string of the molecule is CCC(C)(N)c1nc(-c2ccc(OC)cc2)c(C)s1. The lowest BCUT2D eigenvalue weighted by Gasteiger charge is -2.18. The molecule has 0 aliphatic rings. The predicted molar refractivity (Wildman–Crippen MR) is 80.7 cm³/mol. The molecule has 0 saturated heterocycles. The van der Waals surface area contributed by atoms with Crippen LogP contribution in [-0.2, 0) is 5.54 Å². The summed E-state index contributed by atoms with van der Waals surface area (Å²) >= 11 is 1.68. The first-order valence-electron chi connectivity index (χ1n) is 6.39. The molecule has 2 rings (SSSR count). The van der Waals surface area contributed by atoms with Gasteiger partial charge in [0.2, 0.25) is 0 Å². The molecule has 0 bridgehead atoms. The zero-order valence-corrected chi connectivity index (χ0v) is 12.7. The molecule has 0 aliphatic carbocycles. The van der Waals surface area contributed by atoms with Crippen molar-refractivity contribution in [3.63, 3.8) is 0 Å². The highest BCUT2D eigenvalue weighted by Crippen LogP contribution is 2.33. The molecule has 1 aromatic heterocycles. The maximum absolute atomic E-state index is 6.27. The van der Waals surface area contributed by atoms with Crippen LogP contribution in [0.25, 0.3) is 11.3 Å². The number of rotatable bonds is 4. The minimum atomic E-state index is -0.347. The third kappa shape index (κ3) is 2.80. The van der Waals surface area contributed by atoms with Gasteiger partial charge in [0, 0.05) is 10.4 Å². The number of aromatic nitrogens is 1. The van der Waals surface area contributed by atoms with Gasteiger partial charge in [-0.2, -0.15) is 0 Å². The number of nitrogens with zero attached hydrogens (tertiary/aromatic N) is 1. The van der Waals surface area contributed by atoms with E-state index in [4.69, 9.17) is 15.5 Å². The highest BCUT2D eigenvalue weighted by molar-refractivity contribution is 7.12. The van der Waals surface area contributed by atoms with Crippen molar-refractivity contribution in [2.24, 2.45) is 5.73 Å². The van der Waals surface area contributed by atoms with Crippen LogP contribution < -0.4 is 10.5 Å². The van der Waals surface area contributed by atoms with Crippen molar-refractivity contribution in [3.05, 3.63) is 34.2 Å². The molecule has 0 amide bonds. The summed E-state index contributed by atoms with van der Waals surface area (Å²) in [5.41, 5.74) is 8.05. The zero-order chi connectivity index (χ0) is 14.0. The second-order valence-corrected chi connectivity index (χ2v) is 6.13. The Kier molecular flexibility index (Phi) is 3.92. The average molecular weight is 276 g/mol. The van der Waals surface area contributed by atoms with Gasteiger partial charge < -0.3 is 10.5 Å². The number of hydrogen-bond acceptors (Lipinski definition) is 4. The molecule has 0 saturated carbocycles. The molecule has 3 nitrogen and oxygen atoms in total. The lowest BCUT2D eigenvalue weighted by molar-refractivity contribution is 0.415. The van der Waals surface area contributed by atoms with Crippen LogP contribution in [0.3, 0.4) is 0 Å². The highest BCUT2D eigenvalue weighted by atomic mass is 32.1. The average Bonchev–Trinajstić information content (AvgIpc) is 2.82. The van der Waals surface area contributed by atoms with Crippen LogP contribution in [0.2, 0.25) is 0 Å². The molecule has 19 heavy (non-hydrogen) atoms. The van der Waals surface area contributed by atoms with Gasteiger partial charge in [-0.1, -0.05) is 6.92 Å². The third-order valence-corrected chi connectivity index (χ3v) is 4.63. The number of thiazole rings is 1. The van der Waals surface area contributed by atoms with E-state index >= 15 is 0 Å². The summed E-state index contributed by atoms with van der Waals surface area (Å²) in [4.78, 5) is 5.93. The first-order valence-corrected chi connectivity index (χ1v) is 7.21. The molecule has 2 aromatic rings. The Morgan fingerprint density at radius 1 is 1.32 bits per heavy atom. The molecule has 4 heteroatoms. The molecule has 0 radical (unpaired) electrons. The lowest BCUT2D eigenvalue weighted by atomic mass is 10.0. The van der Waals surface area contributed by atoms with E-state index in [1.807, 2.05) is 31.2 Å². The van der Waals surface area contributed by atoms with Crippen LogP contribution in [0.1, 0.15) is 30.2 Å². The van der Waals surface area contributed by atoms with E-state index in [0.717, 1.165) is 28.4 Å². The number of ether oxygens (including phenoxy) is 1. The van der Waals surface area contributed by atoms with Crippen LogP contribution in [-0.4, -0.2) is 12.1 Å². The predicted octanol–water partition coefficient (Wildman–Crippen LogP) is 3.71. The summed E-state index contributed by atoms with van der Waals surface area (Å²) in [7, 11) is 1.67. The molecular formula is C15H20N2OS. The lowest BCUT2D eigenvalue weighted by Crippen LogP contribution is -2.31. The molecular weight excluding hydrogens is 256 g/mol. The molecule has 1 atom stereocenters. The summed E-state index contributed by atoms with van der Waals surface area (Å²) in [5.74, 6) is 0.856. The van der Waals surface area contributed by atoms with Crippen LogP contribution in [0.4, 0.5) is 0 Å². The second-order valence-electron chi connectivity index (χ2n) is 4.92. The van der Waals surface area contributed by atoms with Gasteiger partial charge in [0.15, 0.2) is 0 Å².